The van der Waals surface area contributed by atoms with Crippen LogP contribution in [-0.4, -0.2) is 18.0 Å². The van der Waals surface area contributed by atoms with Crippen LogP contribution in [0.4, 0.5) is 4.39 Å². The van der Waals surface area contributed by atoms with Gasteiger partial charge in [-0.25, -0.2) is 4.39 Å². The maximum absolute atomic E-state index is 13.6. The number of hydrogen-bond acceptors (Lipinski definition) is 4. The van der Waals surface area contributed by atoms with Gasteiger partial charge in [-0.2, -0.15) is 0 Å². The first-order valence-corrected chi connectivity index (χ1v) is 10.3. The third-order valence-corrected chi connectivity index (χ3v) is 7.58. The number of esters is 2. The van der Waals surface area contributed by atoms with Crippen molar-refractivity contribution in [2.75, 3.05) is 0 Å². The molecular formula is C22H25FO4. The van der Waals surface area contributed by atoms with Gasteiger partial charge in [0.2, 0.25) is 0 Å². The highest BCUT2D eigenvalue weighted by Gasteiger charge is 2.80. The van der Waals surface area contributed by atoms with Crippen molar-refractivity contribution >= 4 is 11.9 Å². The Labute approximate surface area is 158 Å². The smallest absolute Gasteiger partial charge is 0.317 e. The van der Waals surface area contributed by atoms with E-state index in [4.69, 9.17) is 9.47 Å². The molecule has 0 amide bonds. The molecule has 0 aromatic heterocycles. The van der Waals surface area contributed by atoms with Crippen molar-refractivity contribution in [1.82, 2.24) is 0 Å². The van der Waals surface area contributed by atoms with E-state index in [-0.39, 0.29) is 17.8 Å². The fourth-order valence-corrected chi connectivity index (χ4v) is 6.28. The van der Waals surface area contributed by atoms with Crippen molar-refractivity contribution in [3.05, 3.63) is 35.6 Å². The molecule has 2 atom stereocenters. The van der Waals surface area contributed by atoms with Crippen molar-refractivity contribution in [3.63, 3.8) is 0 Å². The first kappa shape index (κ1) is 17.2. The Kier molecular flexibility index (Phi) is 3.69. The van der Waals surface area contributed by atoms with Gasteiger partial charge in [0.1, 0.15) is 16.6 Å². The summed E-state index contributed by atoms with van der Waals surface area (Å²) in [7, 11) is 0. The van der Waals surface area contributed by atoms with Gasteiger partial charge in [0.25, 0.3) is 0 Å². The second kappa shape index (κ2) is 5.79. The molecule has 4 fully saturated rings. The summed E-state index contributed by atoms with van der Waals surface area (Å²) in [5.41, 5.74) is -2.00. The molecule has 144 valence electrons. The number of carbonyl (C=O) groups excluding carboxylic acids is 2. The molecular weight excluding hydrogens is 347 g/mol. The Morgan fingerprint density at radius 2 is 1.41 bits per heavy atom. The monoisotopic (exact) mass is 372 g/mol. The molecule has 5 heteroatoms. The minimum atomic E-state index is -1.12. The first-order valence-electron chi connectivity index (χ1n) is 10.3. The molecule has 2 aliphatic carbocycles. The summed E-state index contributed by atoms with van der Waals surface area (Å²) in [5, 5.41) is 0. The maximum Gasteiger partial charge on any atom is 0.317 e. The fourth-order valence-electron chi connectivity index (χ4n) is 6.28. The number of fused-ring (bicyclic) bond motifs is 3. The molecule has 0 N–H and O–H groups in total. The second-order valence-electron chi connectivity index (χ2n) is 8.78. The van der Waals surface area contributed by atoms with Crippen LogP contribution in [0.5, 0.6) is 0 Å². The van der Waals surface area contributed by atoms with Crippen LogP contribution in [-0.2, 0) is 24.7 Å². The van der Waals surface area contributed by atoms with Gasteiger partial charge < -0.3 is 9.47 Å². The summed E-state index contributed by atoms with van der Waals surface area (Å²) in [5.74, 6) is -0.797. The third-order valence-electron chi connectivity index (χ3n) is 7.58. The van der Waals surface area contributed by atoms with Crippen LogP contribution in [0.3, 0.4) is 0 Å². The number of ether oxygens (including phenoxy) is 2. The Balaban J connectivity index is 1.72. The molecule has 2 saturated heterocycles. The zero-order valence-corrected chi connectivity index (χ0v) is 15.5. The predicted molar refractivity (Wildman–Crippen MR) is 95.1 cm³/mol. The van der Waals surface area contributed by atoms with Crippen LogP contribution >= 0.6 is 0 Å². The molecule has 0 bridgehead atoms. The van der Waals surface area contributed by atoms with E-state index in [0.29, 0.717) is 31.2 Å². The third kappa shape index (κ3) is 2.03. The second-order valence-corrected chi connectivity index (χ2v) is 8.78. The summed E-state index contributed by atoms with van der Waals surface area (Å²) in [6.07, 6.45) is 7.96. The van der Waals surface area contributed by atoms with Crippen LogP contribution in [0.15, 0.2) is 24.3 Å². The van der Waals surface area contributed by atoms with Crippen LogP contribution in [0, 0.1) is 16.6 Å². The number of carbonyl (C=O) groups is 2. The highest BCUT2D eigenvalue weighted by Crippen LogP contribution is 2.68. The van der Waals surface area contributed by atoms with Crippen molar-refractivity contribution in [1.29, 1.82) is 0 Å². The summed E-state index contributed by atoms with van der Waals surface area (Å²) in [6.45, 7) is 0. The highest BCUT2D eigenvalue weighted by molar-refractivity contribution is 5.90. The predicted octanol–water partition coefficient (Wildman–Crippen LogP) is 4.40. The van der Waals surface area contributed by atoms with E-state index in [0.717, 1.165) is 38.5 Å². The molecule has 1 aromatic carbocycles. The minimum Gasteiger partial charge on any atom is -0.456 e. The van der Waals surface area contributed by atoms with Gasteiger partial charge in [0.05, 0.1) is 0 Å². The lowest BCUT2D eigenvalue weighted by molar-refractivity contribution is -0.173. The molecule has 4 nitrogen and oxygen atoms in total. The van der Waals surface area contributed by atoms with E-state index in [1.807, 2.05) is 0 Å². The molecule has 0 unspecified atom stereocenters. The number of benzene rings is 1. The Bertz CT molecular complexity index is 772. The molecule has 5 rings (SSSR count). The minimum absolute atomic E-state index is 0.228. The van der Waals surface area contributed by atoms with Crippen molar-refractivity contribution in [2.24, 2.45) is 10.8 Å². The largest absolute Gasteiger partial charge is 0.456 e. The average molecular weight is 372 g/mol. The normalized spacial score (nSPS) is 33.7. The van der Waals surface area contributed by atoms with Gasteiger partial charge in [-0.3, -0.25) is 9.59 Å². The number of hydrogen-bond donors (Lipinski definition) is 0. The van der Waals surface area contributed by atoms with Crippen LogP contribution < -0.4 is 0 Å². The van der Waals surface area contributed by atoms with Crippen LogP contribution in [0.1, 0.15) is 69.8 Å². The van der Waals surface area contributed by atoms with Gasteiger partial charge in [0.15, 0.2) is 11.7 Å². The fraction of sp³-hybridized carbons (Fsp3) is 0.636. The van der Waals surface area contributed by atoms with Gasteiger partial charge in [-0.1, -0.05) is 50.7 Å². The quantitative estimate of drug-likeness (QED) is 0.686. The van der Waals surface area contributed by atoms with E-state index in [2.05, 4.69) is 0 Å². The van der Waals surface area contributed by atoms with E-state index < -0.39 is 22.5 Å². The zero-order chi connectivity index (χ0) is 18.7. The highest BCUT2D eigenvalue weighted by atomic mass is 19.1. The van der Waals surface area contributed by atoms with Gasteiger partial charge >= 0.3 is 11.9 Å². The Hall–Kier alpha value is -1.91. The molecule has 2 aliphatic heterocycles. The Morgan fingerprint density at radius 3 is 2.04 bits per heavy atom. The zero-order valence-electron chi connectivity index (χ0n) is 15.5. The molecule has 2 heterocycles. The van der Waals surface area contributed by atoms with Crippen LogP contribution in [0.2, 0.25) is 0 Å². The summed E-state index contributed by atoms with van der Waals surface area (Å²) < 4.78 is 25.9. The van der Waals surface area contributed by atoms with Crippen LogP contribution in [0.25, 0.3) is 0 Å². The summed E-state index contributed by atoms with van der Waals surface area (Å²) in [4.78, 5) is 26.5. The number of rotatable bonds is 1. The van der Waals surface area contributed by atoms with Gasteiger partial charge in [0, 0.05) is 5.56 Å². The topological polar surface area (TPSA) is 52.6 Å². The SMILES string of the molecule is O=C1O[C@@]2(c3ccc(F)cc3)[C@@H](OC(=O)C23CCCCC3)C12CCCCC2. The Morgan fingerprint density at radius 1 is 0.815 bits per heavy atom. The number of halogens is 1. The van der Waals surface area contributed by atoms with Crippen molar-refractivity contribution in [2.45, 2.75) is 75.9 Å². The molecule has 27 heavy (non-hydrogen) atoms. The lowest BCUT2D eigenvalue weighted by Crippen LogP contribution is -2.52. The molecule has 0 radical (unpaired) electrons. The first-order chi connectivity index (χ1) is 13.1. The maximum atomic E-state index is 13.6. The van der Waals surface area contributed by atoms with E-state index in [1.54, 1.807) is 12.1 Å². The average Bonchev–Trinajstić information content (AvgIpc) is 3.06. The summed E-state index contributed by atoms with van der Waals surface area (Å²) in [6, 6.07) is 6.13. The lowest BCUT2D eigenvalue weighted by atomic mass is 9.57. The van der Waals surface area contributed by atoms with Gasteiger partial charge in [-0.15, -0.1) is 0 Å². The standard InChI is InChI=1S/C22H25FO4/c23-16-9-7-15(8-10-16)22-17(20(18(24)27-22)11-3-1-4-12-20)26-19(25)21(22)13-5-2-6-14-21/h7-10,17H,1-6,11-14H2/t17-,22-/m0/s1. The molecule has 2 saturated carbocycles. The van der Waals surface area contributed by atoms with E-state index in [9.17, 15) is 14.0 Å². The molecule has 1 aromatic rings. The molecule has 4 aliphatic rings. The van der Waals surface area contributed by atoms with Gasteiger partial charge in [-0.05, 0) is 37.8 Å². The summed E-state index contributed by atoms with van der Waals surface area (Å²) >= 11 is 0. The lowest BCUT2D eigenvalue weighted by Gasteiger charge is -2.43. The molecule has 2 spiro atoms. The van der Waals surface area contributed by atoms with E-state index in [1.165, 1.54) is 12.1 Å². The van der Waals surface area contributed by atoms with E-state index >= 15 is 0 Å². The van der Waals surface area contributed by atoms with Crippen molar-refractivity contribution in [3.8, 4) is 0 Å². The van der Waals surface area contributed by atoms with Crippen molar-refractivity contribution < 1.29 is 23.5 Å².